The topological polar surface area (TPSA) is 23.5 Å². The average molecular weight is 700 g/mol. The summed E-state index contributed by atoms with van der Waals surface area (Å²) in [4.78, 5) is 7.73. The Balaban J connectivity index is 1.41. The number of para-hydroxylation sites is 6. The summed E-state index contributed by atoms with van der Waals surface area (Å²) >= 11 is 0. The van der Waals surface area contributed by atoms with Gasteiger partial charge in [-0.25, -0.2) is 9.69 Å². The molecule has 11 rings (SSSR count). The lowest BCUT2D eigenvalue weighted by atomic mass is 9.98. The van der Waals surface area contributed by atoms with Crippen molar-refractivity contribution in [2.24, 2.45) is 0 Å². The fourth-order valence-corrected chi connectivity index (χ4v) is 8.81. The maximum absolute atomic E-state index is 8.08. The van der Waals surface area contributed by atoms with E-state index in [1.54, 1.807) is 6.07 Å². The van der Waals surface area contributed by atoms with Crippen LogP contribution in [0.3, 0.4) is 0 Å². The van der Waals surface area contributed by atoms with Crippen LogP contribution in [-0.4, -0.2) is 13.7 Å². The second kappa shape index (κ2) is 11.8. The van der Waals surface area contributed by atoms with Gasteiger partial charge in [0.25, 0.3) is 0 Å². The number of hydrogen-bond acceptors (Lipinski definition) is 0. The fourth-order valence-electron chi connectivity index (χ4n) is 8.81. The Bertz CT molecular complexity index is 3140. The van der Waals surface area contributed by atoms with Gasteiger partial charge < -0.3 is 13.7 Å². The SMILES string of the molecule is [C-]#[N+]c1cc([N+]#[C-])cc(-c2c(-n3c4ccccc4c4ccccc43)cc(-n3c4ccccc4c4ccccc43)cc2-n2c3ccccc3c3ccccc32)c1. The number of aromatic nitrogens is 3. The Morgan fingerprint density at radius 1 is 0.327 bits per heavy atom. The van der Waals surface area contributed by atoms with Gasteiger partial charge in [-0.3, -0.25) is 0 Å². The van der Waals surface area contributed by atoms with Crippen molar-refractivity contribution in [3.8, 4) is 28.2 Å². The Labute approximate surface area is 316 Å². The van der Waals surface area contributed by atoms with Gasteiger partial charge in [-0.15, -0.1) is 0 Å². The number of rotatable bonds is 4. The molecular weight excluding hydrogens is 671 g/mol. The largest absolute Gasteiger partial charge is 0.309 e. The number of benzene rings is 8. The van der Waals surface area contributed by atoms with Crippen LogP contribution >= 0.6 is 0 Å². The predicted molar refractivity (Wildman–Crippen MR) is 227 cm³/mol. The van der Waals surface area contributed by atoms with E-state index in [1.807, 2.05) is 12.1 Å². The van der Waals surface area contributed by atoms with Crippen LogP contribution in [0, 0.1) is 13.1 Å². The van der Waals surface area contributed by atoms with Crippen molar-refractivity contribution in [3.63, 3.8) is 0 Å². The summed E-state index contributed by atoms with van der Waals surface area (Å²) in [6, 6.07) is 61.6. The van der Waals surface area contributed by atoms with E-state index in [9.17, 15) is 0 Å². The van der Waals surface area contributed by atoms with Crippen molar-refractivity contribution in [2.75, 3.05) is 0 Å². The molecule has 3 heterocycles. The molecule has 0 bridgehead atoms. The molecule has 0 radical (unpaired) electrons. The Morgan fingerprint density at radius 2 is 0.618 bits per heavy atom. The van der Waals surface area contributed by atoms with E-state index in [0.29, 0.717) is 11.4 Å². The first-order valence-electron chi connectivity index (χ1n) is 18.3. The highest BCUT2D eigenvalue weighted by Gasteiger charge is 2.25. The maximum Gasteiger partial charge on any atom is 0.177 e. The van der Waals surface area contributed by atoms with Crippen LogP contribution < -0.4 is 0 Å². The van der Waals surface area contributed by atoms with Gasteiger partial charge in [-0.2, -0.15) is 0 Å². The summed E-state index contributed by atoms with van der Waals surface area (Å²) in [5.74, 6) is 0. The maximum atomic E-state index is 8.08. The molecule has 8 aromatic carbocycles. The van der Waals surface area contributed by atoms with Gasteiger partial charge in [0.05, 0.1) is 63.3 Å². The van der Waals surface area contributed by atoms with E-state index in [1.165, 1.54) is 10.8 Å². The second-order valence-electron chi connectivity index (χ2n) is 13.9. The van der Waals surface area contributed by atoms with Crippen molar-refractivity contribution in [3.05, 3.63) is 199 Å². The third-order valence-corrected chi connectivity index (χ3v) is 11.0. The van der Waals surface area contributed by atoms with Crippen LogP contribution in [0.1, 0.15) is 0 Å². The summed E-state index contributed by atoms with van der Waals surface area (Å²) in [6.45, 7) is 16.2. The first-order chi connectivity index (χ1) is 27.2. The average Bonchev–Trinajstić information content (AvgIpc) is 3.89. The molecular formula is C50H29N5. The quantitative estimate of drug-likeness (QED) is 0.163. The predicted octanol–water partition coefficient (Wildman–Crippen LogP) is 13.7. The van der Waals surface area contributed by atoms with E-state index in [-0.39, 0.29) is 0 Å². The molecule has 0 aliphatic heterocycles. The Hall–Kier alpha value is -7.86. The van der Waals surface area contributed by atoms with Crippen LogP contribution in [0.4, 0.5) is 11.4 Å². The van der Waals surface area contributed by atoms with Gasteiger partial charge in [-0.05, 0) is 54.1 Å². The van der Waals surface area contributed by atoms with E-state index >= 15 is 0 Å². The minimum atomic E-state index is 0.427. The molecule has 0 fully saturated rings. The van der Waals surface area contributed by atoms with Gasteiger partial charge in [0, 0.05) is 37.9 Å². The molecule has 0 aliphatic rings. The molecule has 0 saturated heterocycles. The lowest BCUT2D eigenvalue weighted by molar-refractivity contribution is 1.10. The standard InChI is InChI=1S/C50H29N5/c1-51-33-27-32(28-34(29-33)52-2)50-48(54-44-23-11-5-17-38(44)39-18-6-12-24-45(39)54)30-35(53-42-21-9-3-15-36(42)37-16-4-10-22-43(37)53)31-49(50)55-46-25-13-7-19-40(46)41-20-8-14-26-47(41)55/h3-31H. The van der Waals surface area contributed by atoms with E-state index in [0.717, 1.165) is 82.8 Å². The molecule has 5 nitrogen and oxygen atoms in total. The van der Waals surface area contributed by atoms with E-state index in [4.69, 9.17) is 13.1 Å². The molecule has 0 N–H and O–H groups in total. The number of fused-ring (bicyclic) bond motifs is 9. The van der Waals surface area contributed by atoms with Crippen molar-refractivity contribution in [1.29, 1.82) is 0 Å². The highest BCUT2D eigenvalue weighted by atomic mass is 15.0. The zero-order valence-corrected chi connectivity index (χ0v) is 29.5. The molecule has 55 heavy (non-hydrogen) atoms. The zero-order chi connectivity index (χ0) is 36.6. The molecule has 0 unspecified atom stereocenters. The van der Waals surface area contributed by atoms with E-state index < -0.39 is 0 Å². The second-order valence-corrected chi connectivity index (χ2v) is 13.9. The van der Waals surface area contributed by atoms with Crippen LogP contribution in [0.25, 0.3) is 103 Å². The fraction of sp³-hybridized carbons (Fsp3) is 0. The van der Waals surface area contributed by atoms with E-state index in [2.05, 4.69) is 181 Å². The molecule has 0 aliphatic carbocycles. The van der Waals surface area contributed by atoms with Gasteiger partial charge in [0.2, 0.25) is 0 Å². The van der Waals surface area contributed by atoms with Crippen LogP contribution in [0.5, 0.6) is 0 Å². The van der Waals surface area contributed by atoms with Crippen molar-refractivity contribution in [1.82, 2.24) is 13.7 Å². The third-order valence-electron chi connectivity index (χ3n) is 11.0. The molecule has 0 atom stereocenters. The molecule has 3 aromatic heterocycles. The smallest absolute Gasteiger partial charge is 0.177 e. The van der Waals surface area contributed by atoms with Gasteiger partial charge in [-0.1, -0.05) is 127 Å². The van der Waals surface area contributed by atoms with Gasteiger partial charge in [0.1, 0.15) is 0 Å². The molecule has 0 spiro atoms. The normalized spacial score (nSPS) is 11.6. The first kappa shape index (κ1) is 30.7. The summed E-state index contributed by atoms with van der Waals surface area (Å²) in [5.41, 5.74) is 12.0. The third kappa shape index (κ3) is 4.45. The van der Waals surface area contributed by atoms with Gasteiger partial charge >= 0.3 is 0 Å². The summed E-state index contributed by atoms with van der Waals surface area (Å²) in [6.07, 6.45) is 0. The highest BCUT2D eigenvalue weighted by molar-refractivity contribution is 6.13. The summed E-state index contributed by atoms with van der Waals surface area (Å²) in [5, 5.41) is 6.99. The van der Waals surface area contributed by atoms with Crippen molar-refractivity contribution < 1.29 is 0 Å². The lowest BCUT2D eigenvalue weighted by Gasteiger charge is -2.23. The molecule has 254 valence electrons. The number of hydrogen-bond donors (Lipinski definition) is 0. The van der Waals surface area contributed by atoms with Crippen LogP contribution in [0.15, 0.2) is 176 Å². The monoisotopic (exact) mass is 699 g/mol. The summed E-state index contributed by atoms with van der Waals surface area (Å²) in [7, 11) is 0. The number of nitrogens with zero attached hydrogens (tertiary/aromatic N) is 5. The van der Waals surface area contributed by atoms with Crippen LogP contribution in [-0.2, 0) is 0 Å². The zero-order valence-electron chi connectivity index (χ0n) is 29.5. The molecule has 11 aromatic rings. The molecule has 5 heteroatoms. The molecule has 0 saturated carbocycles. The minimum Gasteiger partial charge on any atom is -0.309 e. The highest BCUT2D eigenvalue weighted by Crippen LogP contribution is 2.46. The first-order valence-corrected chi connectivity index (χ1v) is 18.3. The Morgan fingerprint density at radius 3 is 0.927 bits per heavy atom. The summed E-state index contributed by atoms with van der Waals surface area (Å²) < 4.78 is 7.12. The minimum absolute atomic E-state index is 0.427. The van der Waals surface area contributed by atoms with Gasteiger partial charge in [0.15, 0.2) is 11.4 Å². The van der Waals surface area contributed by atoms with Crippen LogP contribution in [0.2, 0.25) is 0 Å². The molecule has 0 amide bonds. The van der Waals surface area contributed by atoms with Crippen molar-refractivity contribution in [2.45, 2.75) is 0 Å². The van der Waals surface area contributed by atoms with Crippen molar-refractivity contribution >= 4 is 76.8 Å². The Kier molecular flexibility index (Phi) is 6.61. The lowest BCUT2D eigenvalue weighted by Crippen LogP contribution is -2.07.